The number of nitrogens with zero attached hydrogens (tertiary/aromatic N) is 3. The van der Waals surface area contributed by atoms with Gasteiger partial charge in [0, 0.05) is 24.9 Å². The quantitative estimate of drug-likeness (QED) is 0.434. The van der Waals surface area contributed by atoms with E-state index in [9.17, 15) is 8.42 Å². The zero-order valence-corrected chi connectivity index (χ0v) is 19.8. The normalized spacial score (nSPS) is 12.2. The molecule has 0 saturated carbocycles. The van der Waals surface area contributed by atoms with E-state index < -0.39 is 10.0 Å². The van der Waals surface area contributed by atoms with Gasteiger partial charge in [-0.1, -0.05) is 37.7 Å². The lowest BCUT2D eigenvalue weighted by Crippen LogP contribution is -2.30. The average Bonchev–Trinajstić information content (AvgIpc) is 3.11. The van der Waals surface area contributed by atoms with Gasteiger partial charge in [0.25, 0.3) is 0 Å². The summed E-state index contributed by atoms with van der Waals surface area (Å²) in [4.78, 5) is 5.08. The number of fused-ring (bicyclic) bond motifs is 1. The van der Waals surface area contributed by atoms with Gasteiger partial charge in [-0.05, 0) is 49.7 Å². The Kier molecular flexibility index (Phi) is 7.10. The second-order valence-corrected chi connectivity index (χ2v) is 10.1. The molecule has 8 heteroatoms. The topological polar surface area (TPSA) is 64.4 Å². The molecule has 1 heterocycles. The Balaban J connectivity index is 1.97. The third kappa shape index (κ3) is 4.50. The molecule has 2 aromatic carbocycles. The van der Waals surface area contributed by atoms with Crippen LogP contribution in [-0.4, -0.2) is 42.5 Å². The average molecular weight is 448 g/mol. The summed E-state index contributed by atoms with van der Waals surface area (Å²) in [6.07, 6.45) is 0. The van der Waals surface area contributed by atoms with Crippen molar-refractivity contribution in [1.29, 1.82) is 0 Å². The van der Waals surface area contributed by atoms with Crippen LogP contribution in [-0.2, 0) is 15.8 Å². The Labute approximate surface area is 183 Å². The lowest BCUT2D eigenvalue weighted by Gasteiger charge is -2.18. The van der Waals surface area contributed by atoms with Crippen molar-refractivity contribution in [3.8, 4) is 5.75 Å². The van der Waals surface area contributed by atoms with Crippen molar-refractivity contribution in [3.63, 3.8) is 0 Å². The first-order chi connectivity index (χ1) is 14.3. The second kappa shape index (κ2) is 9.41. The highest BCUT2D eigenvalue weighted by atomic mass is 32.2. The zero-order chi connectivity index (χ0) is 21.9. The van der Waals surface area contributed by atoms with Gasteiger partial charge in [-0.2, -0.15) is 4.31 Å². The minimum atomic E-state index is -3.52. The monoisotopic (exact) mass is 447 g/mol. The Morgan fingerprint density at radius 1 is 1.13 bits per heavy atom. The molecule has 0 atom stereocenters. The van der Waals surface area contributed by atoms with Gasteiger partial charge >= 0.3 is 0 Å². The summed E-state index contributed by atoms with van der Waals surface area (Å²) < 4.78 is 34.8. The zero-order valence-electron chi connectivity index (χ0n) is 18.1. The van der Waals surface area contributed by atoms with E-state index in [0.717, 1.165) is 27.7 Å². The molecule has 0 unspecified atom stereocenters. The summed E-state index contributed by atoms with van der Waals surface area (Å²) in [5.74, 6) is 1.58. The molecule has 3 rings (SSSR count). The summed E-state index contributed by atoms with van der Waals surface area (Å²) in [6, 6.07) is 13.4. The summed E-state index contributed by atoms with van der Waals surface area (Å²) >= 11 is 1.64. The van der Waals surface area contributed by atoms with Crippen LogP contribution in [0.2, 0.25) is 0 Å². The first kappa shape index (κ1) is 22.7. The molecule has 1 aromatic heterocycles. The van der Waals surface area contributed by atoms with Crippen LogP contribution in [0.1, 0.15) is 39.3 Å². The van der Waals surface area contributed by atoms with Crippen LogP contribution >= 0.6 is 11.8 Å². The summed E-state index contributed by atoms with van der Waals surface area (Å²) in [5, 5.41) is 0.875. The van der Waals surface area contributed by atoms with Crippen molar-refractivity contribution in [2.75, 3.05) is 20.2 Å². The Bertz CT molecular complexity index is 1120. The largest absolute Gasteiger partial charge is 0.497 e. The van der Waals surface area contributed by atoms with Gasteiger partial charge in [-0.15, -0.1) is 0 Å². The van der Waals surface area contributed by atoms with E-state index in [-0.39, 0.29) is 10.9 Å². The van der Waals surface area contributed by atoms with Crippen LogP contribution in [0.15, 0.2) is 52.5 Å². The minimum absolute atomic E-state index is 0.202. The highest BCUT2D eigenvalue weighted by Gasteiger charge is 2.23. The molecular formula is C22H29N3O3S2. The number of thioether (sulfide) groups is 1. The Morgan fingerprint density at radius 2 is 1.87 bits per heavy atom. The van der Waals surface area contributed by atoms with Gasteiger partial charge in [0.2, 0.25) is 10.0 Å². The van der Waals surface area contributed by atoms with Crippen LogP contribution < -0.4 is 4.74 Å². The van der Waals surface area contributed by atoms with Crippen molar-refractivity contribution in [3.05, 3.63) is 48.0 Å². The number of rotatable bonds is 9. The van der Waals surface area contributed by atoms with Crippen molar-refractivity contribution in [1.82, 2.24) is 13.9 Å². The molecule has 0 spiro atoms. The maximum Gasteiger partial charge on any atom is 0.243 e. The molecular weight excluding hydrogens is 418 g/mol. The molecule has 162 valence electrons. The number of hydrogen-bond acceptors (Lipinski definition) is 5. The maximum absolute atomic E-state index is 12.9. The predicted octanol–water partition coefficient (Wildman–Crippen LogP) is 4.95. The van der Waals surface area contributed by atoms with Crippen LogP contribution in [0, 0.1) is 0 Å². The molecule has 0 bridgehead atoms. The van der Waals surface area contributed by atoms with E-state index in [2.05, 4.69) is 24.5 Å². The van der Waals surface area contributed by atoms with E-state index in [4.69, 9.17) is 9.72 Å². The molecule has 6 nitrogen and oxygen atoms in total. The maximum atomic E-state index is 12.9. The molecule has 0 radical (unpaired) electrons. The molecule has 3 aromatic rings. The number of sulfonamides is 1. The molecule has 0 saturated heterocycles. The number of aromatic nitrogens is 2. The van der Waals surface area contributed by atoms with E-state index in [0.29, 0.717) is 18.6 Å². The highest BCUT2D eigenvalue weighted by Crippen LogP contribution is 2.32. The van der Waals surface area contributed by atoms with Crippen molar-refractivity contribution in [2.45, 2.75) is 49.5 Å². The van der Waals surface area contributed by atoms with Crippen molar-refractivity contribution in [2.24, 2.45) is 0 Å². The molecule has 0 amide bonds. The predicted molar refractivity (Wildman–Crippen MR) is 123 cm³/mol. The van der Waals surface area contributed by atoms with Gasteiger partial charge in [0.1, 0.15) is 5.75 Å². The lowest BCUT2D eigenvalue weighted by molar-refractivity contribution is 0.414. The summed E-state index contributed by atoms with van der Waals surface area (Å²) in [6.45, 7) is 8.80. The van der Waals surface area contributed by atoms with Crippen LogP contribution in [0.25, 0.3) is 11.0 Å². The van der Waals surface area contributed by atoms with Crippen LogP contribution in [0.5, 0.6) is 5.75 Å². The number of hydrogen-bond donors (Lipinski definition) is 0. The van der Waals surface area contributed by atoms with E-state index in [1.807, 2.05) is 38.1 Å². The highest BCUT2D eigenvalue weighted by molar-refractivity contribution is 7.98. The van der Waals surface area contributed by atoms with E-state index in [1.165, 1.54) is 4.31 Å². The lowest BCUT2D eigenvalue weighted by atomic mass is 10.2. The molecule has 0 aliphatic heterocycles. The Hall–Kier alpha value is -2.03. The first-order valence-corrected chi connectivity index (χ1v) is 12.5. The molecule has 30 heavy (non-hydrogen) atoms. The van der Waals surface area contributed by atoms with Gasteiger partial charge in [-0.25, -0.2) is 13.4 Å². The molecule has 0 N–H and O–H groups in total. The minimum Gasteiger partial charge on any atom is -0.497 e. The third-order valence-electron chi connectivity index (χ3n) is 4.99. The van der Waals surface area contributed by atoms with E-state index >= 15 is 0 Å². The molecule has 0 fully saturated rings. The van der Waals surface area contributed by atoms with Gasteiger partial charge < -0.3 is 9.30 Å². The smallest absolute Gasteiger partial charge is 0.243 e. The fourth-order valence-corrected chi connectivity index (χ4v) is 6.01. The van der Waals surface area contributed by atoms with Crippen LogP contribution in [0.3, 0.4) is 0 Å². The fourth-order valence-electron chi connectivity index (χ4n) is 3.44. The number of benzene rings is 2. The third-order valence-corrected chi connectivity index (χ3v) is 8.06. The molecule has 0 aliphatic carbocycles. The first-order valence-electron chi connectivity index (χ1n) is 10.1. The molecule has 0 aliphatic rings. The van der Waals surface area contributed by atoms with Gasteiger partial charge in [0.15, 0.2) is 5.16 Å². The van der Waals surface area contributed by atoms with E-state index in [1.54, 1.807) is 31.0 Å². The SMILES string of the molecule is CCN(CC)S(=O)(=O)c1ccc2c(c1)nc(SCc1cccc(OC)c1)n2C(C)C. The van der Waals surface area contributed by atoms with Crippen molar-refractivity contribution >= 4 is 32.8 Å². The Morgan fingerprint density at radius 3 is 2.50 bits per heavy atom. The number of imidazole rings is 1. The summed E-state index contributed by atoms with van der Waals surface area (Å²) in [7, 11) is -1.86. The van der Waals surface area contributed by atoms with Gasteiger partial charge in [-0.3, -0.25) is 0 Å². The number of methoxy groups -OCH3 is 1. The fraction of sp³-hybridized carbons (Fsp3) is 0.409. The standard InChI is InChI=1S/C22H29N3O3S2/c1-6-24(7-2)30(26,27)19-11-12-21-20(14-19)23-22(25(21)16(3)4)29-15-17-9-8-10-18(13-17)28-5/h8-14,16H,6-7,15H2,1-5H3. The van der Waals surface area contributed by atoms with Crippen LogP contribution in [0.4, 0.5) is 0 Å². The van der Waals surface area contributed by atoms with Crippen molar-refractivity contribution < 1.29 is 13.2 Å². The van der Waals surface area contributed by atoms with Gasteiger partial charge in [0.05, 0.1) is 23.0 Å². The second-order valence-electron chi connectivity index (χ2n) is 7.24. The number of ether oxygens (including phenoxy) is 1. The summed E-state index contributed by atoms with van der Waals surface area (Å²) in [5.41, 5.74) is 2.79.